The number of hydrogen-bond acceptors (Lipinski definition) is 1. The van der Waals surface area contributed by atoms with Crippen molar-refractivity contribution < 1.29 is 17.6 Å². The predicted molar refractivity (Wildman–Crippen MR) is 51.8 cm³/mol. The van der Waals surface area contributed by atoms with Gasteiger partial charge in [0.2, 0.25) is 0 Å². The number of hydrogen-bond donors (Lipinski definition) is 1. The molecule has 0 bridgehead atoms. The van der Waals surface area contributed by atoms with E-state index in [2.05, 4.69) is 15.9 Å². The average molecular weight is 286 g/mol. The Kier molecular flexibility index (Phi) is 3.72. The van der Waals surface area contributed by atoms with Gasteiger partial charge in [-0.3, -0.25) is 0 Å². The molecule has 0 amide bonds. The molecule has 0 saturated heterocycles. The Bertz CT molecular complexity index is 350. The van der Waals surface area contributed by atoms with E-state index in [1.54, 1.807) is 0 Å². The third-order valence-electron chi connectivity index (χ3n) is 1.87. The molecule has 1 aromatic carbocycles. The van der Waals surface area contributed by atoms with Crippen molar-refractivity contribution in [3.8, 4) is 0 Å². The summed E-state index contributed by atoms with van der Waals surface area (Å²) in [4.78, 5) is 0. The van der Waals surface area contributed by atoms with Gasteiger partial charge in [0.05, 0.1) is 0 Å². The zero-order chi connectivity index (χ0) is 11.6. The largest absolute Gasteiger partial charge is 0.403 e. The first-order valence-electron chi connectivity index (χ1n) is 4.07. The fourth-order valence-electron chi connectivity index (χ4n) is 1.05. The van der Waals surface area contributed by atoms with Crippen molar-refractivity contribution in [1.29, 1.82) is 0 Å². The molecule has 1 rings (SSSR count). The maximum Gasteiger partial charge on any atom is 0.403 e. The average Bonchev–Trinajstić information content (AvgIpc) is 2.09. The molecule has 15 heavy (non-hydrogen) atoms. The van der Waals surface area contributed by atoms with Crippen LogP contribution in [0, 0.1) is 5.82 Å². The molecule has 1 aromatic rings. The van der Waals surface area contributed by atoms with E-state index >= 15 is 0 Å². The molecular weight excluding hydrogens is 278 g/mol. The molecule has 84 valence electrons. The first-order valence-corrected chi connectivity index (χ1v) is 4.86. The van der Waals surface area contributed by atoms with Crippen LogP contribution in [-0.4, -0.2) is 12.2 Å². The van der Waals surface area contributed by atoms with Crippen molar-refractivity contribution >= 4 is 15.9 Å². The Morgan fingerprint density at radius 2 is 1.93 bits per heavy atom. The zero-order valence-corrected chi connectivity index (χ0v) is 9.07. The number of nitrogens with two attached hydrogens (primary N) is 1. The summed E-state index contributed by atoms with van der Waals surface area (Å²) in [6.45, 7) is 0. The Labute approximate surface area is 92.4 Å². The minimum absolute atomic E-state index is 0.208. The molecule has 1 atom stereocenters. The van der Waals surface area contributed by atoms with Crippen LogP contribution in [0.1, 0.15) is 5.56 Å². The summed E-state index contributed by atoms with van der Waals surface area (Å²) in [7, 11) is 0. The minimum atomic E-state index is -4.47. The van der Waals surface area contributed by atoms with Crippen molar-refractivity contribution in [1.82, 2.24) is 0 Å². The first-order chi connectivity index (χ1) is 6.80. The van der Waals surface area contributed by atoms with E-state index in [9.17, 15) is 17.6 Å². The highest BCUT2D eigenvalue weighted by atomic mass is 79.9. The lowest BCUT2D eigenvalue weighted by Crippen LogP contribution is -2.39. The molecule has 0 aliphatic heterocycles. The normalized spacial score (nSPS) is 14.0. The van der Waals surface area contributed by atoms with Gasteiger partial charge in [-0.25, -0.2) is 4.39 Å². The smallest absolute Gasteiger partial charge is 0.320 e. The highest BCUT2D eigenvalue weighted by Crippen LogP contribution is 2.25. The Morgan fingerprint density at radius 1 is 1.33 bits per heavy atom. The summed E-state index contributed by atoms with van der Waals surface area (Å²) in [5.41, 5.74) is 5.14. The minimum Gasteiger partial charge on any atom is -0.320 e. The number of alkyl halides is 3. The van der Waals surface area contributed by atoms with Crippen LogP contribution in [0.3, 0.4) is 0 Å². The van der Waals surface area contributed by atoms with E-state index in [4.69, 9.17) is 5.73 Å². The van der Waals surface area contributed by atoms with Crippen LogP contribution in [0.2, 0.25) is 0 Å². The van der Waals surface area contributed by atoms with Gasteiger partial charge in [-0.1, -0.05) is 15.9 Å². The molecule has 1 nitrogen and oxygen atoms in total. The number of halogens is 5. The topological polar surface area (TPSA) is 26.0 Å². The summed E-state index contributed by atoms with van der Waals surface area (Å²) in [6, 6.07) is 1.58. The second-order valence-electron chi connectivity index (χ2n) is 3.09. The summed E-state index contributed by atoms with van der Waals surface area (Å²) >= 11 is 3.04. The van der Waals surface area contributed by atoms with Gasteiger partial charge in [0.15, 0.2) is 0 Å². The van der Waals surface area contributed by atoms with Gasteiger partial charge in [-0.15, -0.1) is 0 Å². The Balaban J connectivity index is 2.85. The summed E-state index contributed by atoms with van der Waals surface area (Å²) in [5, 5.41) is 0. The SMILES string of the molecule is NC(Cc1cc(F)ccc1Br)C(F)(F)F. The molecule has 2 N–H and O–H groups in total. The molecule has 0 fully saturated rings. The summed E-state index contributed by atoms with van der Waals surface area (Å²) in [6.07, 6.45) is -4.91. The molecule has 0 heterocycles. The lowest BCUT2D eigenvalue weighted by Gasteiger charge is -2.16. The third-order valence-corrected chi connectivity index (χ3v) is 2.64. The van der Waals surface area contributed by atoms with Gasteiger partial charge >= 0.3 is 6.18 Å². The van der Waals surface area contributed by atoms with Crippen LogP contribution >= 0.6 is 15.9 Å². The van der Waals surface area contributed by atoms with Crippen LogP contribution in [0.4, 0.5) is 17.6 Å². The van der Waals surface area contributed by atoms with Gasteiger partial charge in [0.1, 0.15) is 11.9 Å². The van der Waals surface area contributed by atoms with E-state index in [-0.39, 0.29) is 5.56 Å². The molecular formula is C9H8BrF4N. The van der Waals surface area contributed by atoms with Gasteiger partial charge in [0.25, 0.3) is 0 Å². The maximum absolute atomic E-state index is 12.8. The highest BCUT2D eigenvalue weighted by molar-refractivity contribution is 9.10. The van der Waals surface area contributed by atoms with E-state index in [1.807, 2.05) is 0 Å². The van der Waals surface area contributed by atoms with Crippen LogP contribution in [0.15, 0.2) is 22.7 Å². The van der Waals surface area contributed by atoms with Crippen molar-refractivity contribution in [2.45, 2.75) is 18.6 Å². The van der Waals surface area contributed by atoms with E-state index in [0.29, 0.717) is 4.47 Å². The molecule has 0 aromatic heterocycles. The van der Waals surface area contributed by atoms with Gasteiger partial charge < -0.3 is 5.73 Å². The van der Waals surface area contributed by atoms with Crippen molar-refractivity contribution in [2.24, 2.45) is 5.73 Å². The fraction of sp³-hybridized carbons (Fsp3) is 0.333. The molecule has 0 aliphatic carbocycles. The van der Waals surface area contributed by atoms with Crippen molar-refractivity contribution in [3.63, 3.8) is 0 Å². The Morgan fingerprint density at radius 3 is 2.47 bits per heavy atom. The summed E-state index contributed by atoms with van der Waals surface area (Å²) in [5.74, 6) is -0.581. The maximum atomic E-state index is 12.8. The van der Waals surface area contributed by atoms with E-state index < -0.39 is 24.5 Å². The van der Waals surface area contributed by atoms with Crippen molar-refractivity contribution in [3.05, 3.63) is 34.1 Å². The standard InChI is InChI=1S/C9H8BrF4N/c10-7-2-1-6(11)3-5(7)4-8(15)9(12,13)14/h1-3,8H,4,15H2. The van der Waals surface area contributed by atoms with Gasteiger partial charge in [-0.05, 0) is 30.2 Å². The lowest BCUT2D eigenvalue weighted by atomic mass is 10.1. The molecule has 0 aliphatic rings. The molecule has 1 unspecified atom stereocenters. The van der Waals surface area contributed by atoms with Gasteiger partial charge in [-0.2, -0.15) is 13.2 Å². The summed E-state index contributed by atoms with van der Waals surface area (Å²) < 4.78 is 49.6. The highest BCUT2D eigenvalue weighted by Gasteiger charge is 2.36. The first kappa shape index (κ1) is 12.4. The van der Waals surface area contributed by atoms with Crippen LogP contribution < -0.4 is 5.73 Å². The van der Waals surface area contributed by atoms with Crippen LogP contribution in [0.5, 0.6) is 0 Å². The third kappa shape index (κ3) is 3.46. The van der Waals surface area contributed by atoms with Crippen molar-refractivity contribution in [2.75, 3.05) is 0 Å². The molecule has 0 radical (unpaired) electrons. The fourth-order valence-corrected chi connectivity index (χ4v) is 1.46. The van der Waals surface area contributed by atoms with E-state index in [1.165, 1.54) is 6.07 Å². The van der Waals surface area contributed by atoms with Gasteiger partial charge in [0, 0.05) is 4.47 Å². The zero-order valence-electron chi connectivity index (χ0n) is 7.48. The quantitative estimate of drug-likeness (QED) is 0.831. The second-order valence-corrected chi connectivity index (χ2v) is 3.94. The molecule has 6 heteroatoms. The predicted octanol–water partition coefficient (Wildman–Crippen LogP) is 3.02. The Hall–Kier alpha value is -0.620. The van der Waals surface area contributed by atoms with Crippen LogP contribution in [-0.2, 0) is 6.42 Å². The van der Waals surface area contributed by atoms with Crippen LogP contribution in [0.25, 0.3) is 0 Å². The monoisotopic (exact) mass is 285 g/mol. The van der Waals surface area contributed by atoms with E-state index in [0.717, 1.165) is 12.1 Å². The molecule has 0 spiro atoms. The number of rotatable bonds is 2. The lowest BCUT2D eigenvalue weighted by molar-refractivity contribution is -0.147. The second kappa shape index (κ2) is 4.49. The molecule has 0 saturated carbocycles. The number of benzene rings is 1.